The first-order valence-electron chi connectivity index (χ1n) is 8.75. The fraction of sp³-hybridized carbons (Fsp3) is 0.611. The van der Waals surface area contributed by atoms with Crippen molar-refractivity contribution in [3.63, 3.8) is 0 Å². The second kappa shape index (κ2) is 6.42. The molecule has 0 N–H and O–H groups in total. The van der Waals surface area contributed by atoms with Crippen molar-refractivity contribution in [2.24, 2.45) is 7.05 Å². The van der Waals surface area contributed by atoms with Crippen molar-refractivity contribution in [2.45, 2.75) is 53.0 Å². The predicted octanol–water partition coefficient (Wildman–Crippen LogP) is 2.58. The number of rotatable bonds is 4. The van der Waals surface area contributed by atoms with Crippen molar-refractivity contribution in [1.82, 2.24) is 24.2 Å². The highest BCUT2D eigenvalue weighted by Crippen LogP contribution is 2.28. The summed E-state index contributed by atoms with van der Waals surface area (Å²) in [5.74, 6) is 1.51. The van der Waals surface area contributed by atoms with Crippen LogP contribution in [0.25, 0.3) is 0 Å². The Hall–Kier alpha value is -2.11. The zero-order valence-electron chi connectivity index (χ0n) is 15.3. The zero-order chi connectivity index (χ0) is 17.4. The normalized spacial score (nSPS) is 17.7. The van der Waals surface area contributed by atoms with Crippen LogP contribution in [0.5, 0.6) is 0 Å². The summed E-state index contributed by atoms with van der Waals surface area (Å²) in [5, 5.41) is 4.54. The molecular weight excluding hydrogens is 302 g/mol. The molecule has 0 spiro atoms. The molecule has 24 heavy (non-hydrogen) atoms. The third kappa shape index (κ3) is 2.85. The molecule has 1 fully saturated rings. The summed E-state index contributed by atoms with van der Waals surface area (Å²) < 4.78 is 4.04. The highest BCUT2D eigenvalue weighted by Gasteiger charge is 2.32. The highest BCUT2D eigenvalue weighted by atomic mass is 16.2. The number of imidazole rings is 1. The van der Waals surface area contributed by atoms with Gasteiger partial charge in [0.05, 0.1) is 17.0 Å². The minimum absolute atomic E-state index is 0.112. The summed E-state index contributed by atoms with van der Waals surface area (Å²) in [6.07, 6.45) is 4.03. The monoisotopic (exact) mass is 329 g/mol. The predicted molar refractivity (Wildman–Crippen MR) is 93.2 cm³/mol. The van der Waals surface area contributed by atoms with Gasteiger partial charge in [-0.2, -0.15) is 5.10 Å². The van der Waals surface area contributed by atoms with Crippen LogP contribution in [0, 0.1) is 20.8 Å². The van der Waals surface area contributed by atoms with Gasteiger partial charge in [-0.1, -0.05) is 6.92 Å². The summed E-state index contributed by atoms with van der Waals surface area (Å²) in [7, 11) is 2.03. The van der Waals surface area contributed by atoms with Crippen LogP contribution in [-0.2, 0) is 13.6 Å². The summed E-state index contributed by atoms with van der Waals surface area (Å²) in [5.41, 5.74) is 3.63. The van der Waals surface area contributed by atoms with E-state index in [9.17, 15) is 4.79 Å². The van der Waals surface area contributed by atoms with Gasteiger partial charge in [-0.3, -0.25) is 9.48 Å². The van der Waals surface area contributed by atoms with Crippen LogP contribution in [-0.4, -0.2) is 43.2 Å². The molecule has 1 atom stereocenters. The van der Waals surface area contributed by atoms with Crippen molar-refractivity contribution < 1.29 is 4.79 Å². The Bertz CT molecular complexity index is 758. The fourth-order valence-corrected chi connectivity index (χ4v) is 3.76. The molecule has 1 amide bonds. The third-order valence-corrected chi connectivity index (χ3v) is 4.90. The van der Waals surface area contributed by atoms with E-state index in [0.29, 0.717) is 5.92 Å². The number of carbonyl (C=O) groups excluding carboxylic acids is 1. The van der Waals surface area contributed by atoms with Crippen molar-refractivity contribution in [3.05, 3.63) is 34.7 Å². The molecule has 0 aromatic carbocycles. The maximum atomic E-state index is 13.0. The van der Waals surface area contributed by atoms with Crippen LogP contribution in [0.4, 0.5) is 0 Å². The lowest BCUT2D eigenvalue weighted by molar-refractivity contribution is 0.0789. The van der Waals surface area contributed by atoms with Gasteiger partial charge in [0.2, 0.25) is 0 Å². The Labute approximate surface area is 143 Å². The maximum absolute atomic E-state index is 13.0. The number of aromatic nitrogens is 4. The maximum Gasteiger partial charge on any atom is 0.257 e. The van der Waals surface area contributed by atoms with Crippen LogP contribution in [0.2, 0.25) is 0 Å². The molecule has 3 rings (SSSR count). The average Bonchev–Trinajstić information content (AvgIpc) is 3.19. The molecule has 0 unspecified atom stereocenters. The lowest BCUT2D eigenvalue weighted by atomic mass is 10.1. The van der Waals surface area contributed by atoms with Crippen LogP contribution in [0.15, 0.2) is 6.20 Å². The number of likely N-dealkylation sites (tertiary alicyclic amines) is 1. The largest absolute Gasteiger partial charge is 0.338 e. The minimum atomic E-state index is 0.112. The third-order valence-electron chi connectivity index (χ3n) is 4.90. The average molecular weight is 329 g/mol. The van der Waals surface area contributed by atoms with Gasteiger partial charge in [-0.05, 0) is 33.6 Å². The summed E-state index contributed by atoms with van der Waals surface area (Å²) in [4.78, 5) is 19.6. The lowest BCUT2D eigenvalue weighted by Crippen LogP contribution is -2.29. The van der Waals surface area contributed by atoms with Gasteiger partial charge in [-0.25, -0.2) is 4.98 Å². The van der Waals surface area contributed by atoms with Crippen LogP contribution >= 0.6 is 0 Å². The van der Waals surface area contributed by atoms with E-state index in [1.165, 1.54) is 0 Å². The van der Waals surface area contributed by atoms with E-state index in [1.54, 1.807) is 0 Å². The van der Waals surface area contributed by atoms with E-state index in [2.05, 4.69) is 21.6 Å². The van der Waals surface area contributed by atoms with E-state index in [-0.39, 0.29) is 5.91 Å². The van der Waals surface area contributed by atoms with E-state index >= 15 is 0 Å². The first-order chi connectivity index (χ1) is 11.4. The first-order valence-corrected chi connectivity index (χ1v) is 8.75. The van der Waals surface area contributed by atoms with Crippen LogP contribution in [0.3, 0.4) is 0 Å². The van der Waals surface area contributed by atoms with Crippen LogP contribution in [0.1, 0.15) is 58.9 Å². The number of nitrogens with zero attached hydrogens (tertiary/aromatic N) is 5. The van der Waals surface area contributed by atoms with E-state index in [1.807, 2.05) is 43.6 Å². The lowest BCUT2D eigenvalue weighted by Gasteiger charge is -2.17. The fourth-order valence-electron chi connectivity index (χ4n) is 3.76. The molecule has 2 aromatic rings. The quantitative estimate of drug-likeness (QED) is 0.866. The SMILES string of the molecule is CCCn1nc(C)c(C(=O)N2CC[C@H](c3nc(C)cn3C)C2)c1C. The standard InChI is InChI=1S/C18H27N5O/c1-6-8-23-14(4)16(13(3)20-23)18(24)22-9-7-15(11-22)17-19-12(2)10-21(17)5/h10,15H,6-9,11H2,1-5H3/t15-/m0/s1. The molecule has 6 nitrogen and oxygen atoms in total. The molecule has 3 heterocycles. The number of hydrogen-bond acceptors (Lipinski definition) is 3. The van der Waals surface area contributed by atoms with Gasteiger partial charge < -0.3 is 9.47 Å². The number of hydrogen-bond donors (Lipinski definition) is 0. The van der Waals surface area contributed by atoms with Crippen molar-refractivity contribution in [1.29, 1.82) is 0 Å². The van der Waals surface area contributed by atoms with E-state index < -0.39 is 0 Å². The van der Waals surface area contributed by atoms with E-state index in [4.69, 9.17) is 0 Å². The molecule has 1 aliphatic rings. The Morgan fingerprint density at radius 2 is 2.08 bits per heavy atom. The molecule has 2 aromatic heterocycles. The number of aryl methyl sites for hydroxylation is 4. The Balaban J connectivity index is 1.79. The summed E-state index contributed by atoms with van der Waals surface area (Å²) in [6.45, 7) is 10.4. The van der Waals surface area contributed by atoms with Crippen molar-refractivity contribution in [2.75, 3.05) is 13.1 Å². The Morgan fingerprint density at radius 3 is 2.71 bits per heavy atom. The van der Waals surface area contributed by atoms with Crippen molar-refractivity contribution in [3.8, 4) is 0 Å². The molecule has 0 saturated carbocycles. The second-order valence-corrected chi connectivity index (χ2v) is 6.86. The highest BCUT2D eigenvalue weighted by molar-refractivity contribution is 5.96. The minimum Gasteiger partial charge on any atom is -0.338 e. The molecular formula is C18H27N5O. The van der Waals surface area contributed by atoms with Crippen molar-refractivity contribution >= 4 is 5.91 Å². The molecule has 0 bridgehead atoms. The van der Waals surface area contributed by atoms with E-state index in [0.717, 1.165) is 60.9 Å². The zero-order valence-corrected chi connectivity index (χ0v) is 15.3. The molecule has 0 radical (unpaired) electrons. The van der Waals surface area contributed by atoms with Gasteiger partial charge in [0.25, 0.3) is 5.91 Å². The number of amides is 1. The first kappa shape index (κ1) is 16.7. The topological polar surface area (TPSA) is 56.0 Å². The molecule has 130 valence electrons. The molecule has 6 heteroatoms. The second-order valence-electron chi connectivity index (χ2n) is 6.86. The Kier molecular flexibility index (Phi) is 4.47. The molecule has 1 aliphatic heterocycles. The molecule has 1 saturated heterocycles. The summed E-state index contributed by atoms with van der Waals surface area (Å²) in [6, 6.07) is 0. The number of carbonyl (C=O) groups is 1. The Morgan fingerprint density at radius 1 is 1.33 bits per heavy atom. The van der Waals surface area contributed by atoms with Gasteiger partial charge in [-0.15, -0.1) is 0 Å². The molecule has 0 aliphatic carbocycles. The van der Waals surface area contributed by atoms with Gasteiger partial charge in [0, 0.05) is 44.5 Å². The smallest absolute Gasteiger partial charge is 0.257 e. The summed E-state index contributed by atoms with van der Waals surface area (Å²) >= 11 is 0. The van der Waals surface area contributed by atoms with Gasteiger partial charge >= 0.3 is 0 Å². The van der Waals surface area contributed by atoms with Gasteiger partial charge in [0.1, 0.15) is 5.82 Å². The van der Waals surface area contributed by atoms with Crippen LogP contribution < -0.4 is 0 Å². The van der Waals surface area contributed by atoms with Gasteiger partial charge in [0.15, 0.2) is 0 Å².